The zero-order valence-corrected chi connectivity index (χ0v) is 11.4. The molecule has 0 bridgehead atoms. The highest BCUT2D eigenvalue weighted by Crippen LogP contribution is 2.14. The van der Waals surface area contributed by atoms with Crippen LogP contribution in [0.3, 0.4) is 0 Å². The first-order valence-electron chi connectivity index (χ1n) is 5.71. The fourth-order valence-corrected chi connectivity index (χ4v) is 1.47. The molecule has 0 unspecified atom stereocenters. The molecular weight excluding hydrogens is 250 g/mol. The number of aliphatic imine (C=N–C) groups is 1. The van der Waals surface area contributed by atoms with Gasteiger partial charge in [-0.25, -0.2) is 4.99 Å². The highest BCUT2D eigenvalue weighted by atomic mass is 35.5. The van der Waals surface area contributed by atoms with Crippen molar-refractivity contribution >= 4 is 29.0 Å². The minimum atomic E-state index is 0.128. The van der Waals surface area contributed by atoms with E-state index in [0.29, 0.717) is 12.3 Å². The summed E-state index contributed by atoms with van der Waals surface area (Å²) in [5, 5.41) is 0. The van der Waals surface area contributed by atoms with Crippen molar-refractivity contribution in [3.05, 3.63) is 29.8 Å². The minimum absolute atomic E-state index is 0.128. The Morgan fingerprint density at radius 3 is 2.44 bits per heavy atom. The molecule has 2 N–H and O–H groups in total. The third-order valence-corrected chi connectivity index (χ3v) is 2.75. The summed E-state index contributed by atoms with van der Waals surface area (Å²) in [4.78, 5) is 17.2. The first kappa shape index (κ1) is 14.5. The molecule has 0 aliphatic carbocycles. The predicted octanol–water partition coefficient (Wildman–Crippen LogP) is 1.93. The molecule has 0 saturated carbocycles. The number of amidine groups is 1. The van der Waals surface area contributed by atoms with Gasteiger partial charge in [0.05, 0.1) is 11.6 Å². The fourth-order valence-electron chi connectivity index (χ4n) is 1.41. The zero-order valence-electron chi connectivity index (χ0n) is 10.7. The van der Waals surface area contributed by atoms with Crippen molar-refractivity contribution in [2.75, 3.05) is 20.0 Å². The van der Waals surface area contributed by atoms with E-state index < -0.39 is 0 Å². The van der Waals surface area contributed by atoms with Gasteiger partial charge in [0.15, 0.2) is 0 Å². The van der Waals surface area contributed by atoms with Crippen molar-refractivity contribution in [2.24, 2.45) is 10.7 Å². The lowest BCUT2D eigenvalue weighted by atomic mass is 10.1. The first-order chi connectivity index (χ1) is 8.52. The summed E-state index contributed by atoms with van der Waals surface area (Å²) in [5.74, 6) is 0.745. The number of rotatable bonds is 5. The Bertz CT molecular complexity index is 426. The largest absolute Gasteiger partial charge is 0.386 e. The molecule has 1 rings (SSSR count). The molecule has 0 saturated heterocycles. The van der Waals surface area contributed by atoms with Gasteiger partial charge in [0, 0.05) is 20.5 Å². The number of hydrogen-bond donors (Lipinski definition) is 1. The van der Waals surface area contributed by atoms with Crippen LogP contribution in [-0.2, 0) is 11.2 Å². The second-order valence-corrected chi connectivity index (χ2v) is 4.46. The van der Waals surface area contributed by atoms with Gasteiger partial charge in [0.1, 0.15) is 5.84 Å². The smallest absolute Gasteiger partial charge is 0.222 e. The van der Waals surface area contributed by atoms with Crippen LogP contribution in [0.4, 0.5) is 5.69 Å². The topological polar surface area (TPSA) is 58.7 Å². The maximum absolute atomic E-state index is 11.4. The van der Waals surface area contributed by atoms with Crippen LogP contribution in [0.5, 0.6) is 0 Å². The van der Waals surface area contributed by atoms with Gasteiger partial charge < -0.3 is 10.6 Å². The van der Waals surface area contributed by atoms with E-state index in [4.69, 9.17) is 17.3 Å². The molecule has 0 aliphatic heterocycles. The Balaban J connectivity index is 2.58. The number of alkyl halides is 1. The van der Waals surface area contributed by atoms with Crippen molar-refractivity contribution in [1.82, 2.24) is 4.90 Å². The molecule has 4 nitrogen and oxygen atoms in total. The highest BCUT2D eigenvalue weighted by molar-refractivity contribution is 6.28. The second-order valence-electron chi connectivity index (χ2n) is 4.19. The van der Waals surface area contributed by atoms with Crippen molar-refractivity contribution in [2.45, 2.75) is 12.8 Å². The molecule has 0 radical (unpaired) electrons. The van der Waals surface area contributed by atoms with Gasteiger partial charge in [-0.2, -0.15) is 0 Å². The first-order valence-corrected chi connectivity index (χ1v) is 6.24. The Morgan fingerprint density at radius 2 is 1.94 bits per heavy atom. The van der Waals surface area contributed by atoms with Gasteiger partial charge in [0.2, 0.25) is 5.91 Å². The van der Waals surface area contributed by atoms with Gasteiger partial charge >= 0.3 is 0 Å². The SMILES string of the molecule is CN(C)C(=O)CCc1ccc(N=C(N)CCl)cc1. The number of hydrogen-bond acceptors (Lipinski definition) is 2. The van der Waals surface area contributed by atoms with Crippen LogP contribution in [0.15, 0.2) is 29.3 Å². The molecule has 1 amide bonds. The number of halogens is 1. The van der Waals surface area contributed by atoms with E-state index in [1.165, 1.54) is 0 Å². The summed E-state index contributed by atoms with van der Waals surface area (Å²) >= 11 is 5.55. The van der Waals surface area contributed by atoms with Gasteiger partial charge in [0.25, 0.3) is 0 Å². The average Bonchev–Trinajstić information content (AvgIpc) is 2.37. The van der Waals surface area contributed by atoms with Crippen molar-refractivity contribution in [3.63, 3.8) is 0 Å². The predicted molar refractivity (Wildman–Crippen MR) is 75.5 cm³/mol. The zero-order chi connectivity index (χ0) is 13.5. The number of carbonyl (C=O) groups is 1. The number of benzene rings is 1. The van der Waals surface area contributed by atoms with E-state index in [1.807, 2.05) is 24.3 Å². The van der Waals surface area contributed by atoms with Gasteiger partial charge in [-0.15, -0.1) is 11.6 Å². The lowest BCUT2D eigenvalue weighted by molar-refractivity contribution is -0.128. The molecule has 0 aromatic heterocycles. The standard InChI is InChI=1S/C13H18ClN3O/c1-17(2)13(18)8-5-10-3-6-11(7-4-10)16-12(15)9-14/h3-4,6-7H,5,8-9H2,1-2H3,(H2,15,16). The molecule has 0 aliphatic rings. The number of nitrogens with two attached hydrogens (primary N) is 1. The summed E-state index contributed by atoms with van der Waals surface area (Å²) < 4.78 is 0. The van der Waals surface area contributed by atoms with Gasteiger partial charge in [-0.05, 0) is 24.1 Å². The number of nitrogens with zero attached hydrogens (tertiary/aromatic N) is 2. The molecule has 0 atom stereocenters. The van der Waals surface area contributed by atoms with Crippen molar-refractivity contribution in [3.8, 4) is 0 Å². The minimum Gasteiger partial charge on any atom is -0.386 e. The summed E-state index contributed by atoms with van der Waals surface area (Å²) in [7, 11) is 3.52. The number of aryl methyl sites for hydroxylation is 1. The Hall–Kier alpha value is -1.55. The van der Waals surface area contributed by atoms with E-state index >= 15 is 0 Å². The number of carbonyl (C=O) groups excluding carboxylic acids is 1. The highest BCUT2D eigenvalue weighted by Gasteiger charge is 2.04. The van der Waals surface area contributed by atoms with Crippen LogP contribution in [0.1, 0.15) is 12.0 Å². The molecule has 0 fully saturated rings. The second kappa shape index (κ2) is 7.01. The normalized spacial score (nSPS) is 11.4. The molecular formula is C13H18ClN3O. The molecule has 0 heterocycles. The number of amides is 1. The van der Waals surface area contributed by atoms with Gasteiger partial charge in [-0.3, -0.25) is 4.79 Å². The van der Waals surface area contributed by atoms with Crippen LogP contribution in [0, 0.1) is 0 Å². The maximum Gasteiger partial charge on any atom is 0.222 e. The van der Waals surface area contributed by atoms with Crippen LogP contribution >= 0.6 is 11.6 Å². The lowest BCUT2D eigenvalue weighted by Gasteiger charge is -2.09. The molecule has 18 heavy (non-hydrogen) atoms. The monoisotopic (exact) mass is 267 g/mol. The quantitative estimate of drug-likeness (QED) is 0.503. The van der Waals surface area contributed by atoms with Crippen LogP contribution < -0.4 is 5.73 Å². The Kier molecular flexibility index (Phi) is 5.65. The molecule has 1 aromatic rings. The van der Waals surface area contributed by atoms with Gasteiger partial charge in [-0.1, -0.05) is 12.1 Å². The Morgan fingerprint density at radius 1 is 1.33 bits per heavy atom. The average molecular weight is 268 g/mol. The Labute approximate surface area is 112 Å². The van der Waals surface area contributed by atoms with E-state index in [-0.39, 0.29) is 11.8 Å². The molecule has 0 spiro atoms. The van der Waals surface area contributed by atoms with E-state index in [0.717, 1.165) is 17.7 Å². The van der Waals surface area contributed by atoms with Crippen LogP contribution in [0.25, 0.3) is 0 Å². The van der Waals surface area contributed by atoms with Crippen LogP contribution in [-0.4, -0.2) is 36.6 Å². The van der Waals surface area contributed by atoms with E-state index in [2.05, 4.69) is 4.99 Å². The molecule has 98 valence electrons. The van der Waals surface area contributed by atoms with Crippen molar-refractivity contribution in [1.29, 1.82) is 0 Å². The van der Waals surface area contributed by atoms with Crippen molar-refractivity contribution < 1.29 is 4.79 Å². The lowest BCUT2D eigenvalue weighted by Crippen LogP contribution is -2.21. The summed E-state index contributed by atoms with van der Waals surface area (Å²) in [6.07, 6.45) is 1.24. The van der Waals surface area contributed by atoms with E-state index in [1.54, 1.807) is 19.0 Å². The molecule has 1 aromatic carbocycles. The summed E-state index contributed by atoms with van der Waals surface area (Å²) in [6, 6.07) is 7.64. The third kappa shape index (κ3) is 4.75. The fraction of sp³-hybridized carbons (Fsp3) is 0.385. The third-order valence-electron chi connectivity index (χ3n) is 2.47. The van der Waals surface area contributed by atoms with E-state index in [9.17, 15) is 4.79 Å². The maximum atomic E-state index is 11.4. The summed E-state index contributed by atoms with van der Waals surface area (Å²) in [5.41, 5.74) is 7.42. The van der Waals surface area contributed by atoms with Crippen LogP contribution in [0.2, 0.25) is 0 Å². The molecule has 5 heteroatoms. The summed E-state index contributed by atoms with van der Waals surface area (Å²) in [6.45, 7) is 0.